The van der Waals surface area contributed by atoms with E-state index in [1.807, 2.05) is 13.0 Å². The molecule has 0 aromatic heterocycles. The molecule has 0 fully saturated rings. The van der Waals surface area contributed by atoms with Crippen molar-refractivity contribution < 1.29 is 13.6 Å². The summed E-state index contributed by atoms with van der Waals surface area (Å²) < 4.78 is 23.9. The molecule has 0 saturated heterocycles. The summed E-state index contributed by atoms with van der Waals surface area (Å²) in [6.07, 6.45) is 2.60. The summed E-state index contributed by atoms with van der Waals surface area (Å²) in [5.41, 5.74) is 0. The van der Waals surface area contributed by atoms with Gasteiger partial charge in [-0.1, -0.05) is 43.5 Å². The summed E-state index contributed by atoms with van der Waals surface area (Å²) in [5.74, 6) is 0. The molecule has 18 heavy (non-hydrogen) atoms. The van der Waals surface area contributed by atoms with Crippen LogP contribution in [0.1, 0.15) is 26.7 Å². The van der Waals surface area contributed by atoms with Gasteiger partial charge < -0.3 is 4.52 Å². The quantitative estimate of drug-likeness (QED) is 0.278. The van der Waals surface area contributed by atoms with Gasteiger partial charge in [0.05, 0.1) is 19.2 Å². The van der Waals surface area contributed by atoms with Gasteiger partial charge in [-0.25, -0.2) is 4.57 Å². The van der Waals surface area contributed by atoms with Crippen molar-refractivity contribution in [3.63, 3.8) is 0 Å². The van der Waals surface area contributed by atoms with Gasteiger partial charge in [0, 0.05) is 6.54 Å². The Kier molecular flexibility index (Phi) is 9.53. The number of unbranched alkanes of at least 4 members (excludes halogenated alkanes) is 1. The SMILES string of the molecule is CCCCOP(=O)(OC=C(Cl)Cl)N(CC)CC#N. The van der Waals surface area contributed by atoms with E-state index in [9.17, 15) is 4.57 Å². The fourth-order valence-electron chi connectivity index (χ4n) is 1.06. The molecule has 104 valence electrons. The lowest BCUT2D eigenvalue weighted by molar-refractivity contribution is 0.198. The van der Waals surface area contributed by atoms with E-state index < -0.39 is 7.75 Å². The van der Waals surface area contributed by atoms with Crippen LogP contribution in [-0.2, 0) is 13.6 Å². The first-order valence-electron chi connectivity index (χ1n) is 5.56. The molecule has 1 unspecified atom stereocenters. The number of halogens is 2. The Bertz CT molecular complexity index is 354. The Morgan fingerprint density at radius 2 is 2.17 bits per heavy atom. The second-order valence-electron chi connectivity index (χ2n) is 3.31. The summed E-state index contributed by atoms with van der Waals surface area (Å²) in [6, 6.07) is 1.91. The zero-order valence-corrected chi connectivity index (χ0v) is 12.8. The van der Waals surface area contributed by atoms with Crippen LogP contribution in [-0.4, -0.2) is 24.4 Å². The van der Waals surface area contributed by atoms with Gasteiger partial charge in [-0.05, 0) is 6.42 Å². The monoisotopic (exact) mass is 314 g/mol. The molecule has 8 heteroatoms. The van der Waals surface area contributed by atoms with Crippen LogP contribution < -0.4 is 0 Å². The van der Waals surface area contributed by atoms with E-state index in [0.29, 0.717) is 6.54 Å². The predicted octanol–water partition coefficient (Wildman–Crippen LogP) is 4.05. The normalized spacial score (nSPS) is 13.8. The lowest BCUT2D eigenvalue weighted by Gasteiger charge is -2.26. The van der Waals surface area contributed by atoms with Gasteiger partial charge in [-0.2, -0.15) is 9.93 Å². The second kappa shape index (κ2) is 9.66. The molecule has 5 nitrogen and oxygen atoms in total. The third-order valence-corrected chi connectivity index (χ3v) is 4.17. The molecule has 0 heterocycles. The highest BCUT2D eigenvalue weighted by Crippen LogP contribution is 2.52. The summed E-state index contributed by atoms with van der Waals surface area (Å²) in [7, 11) is -3.56. The van der Waals surface area contributed by atoms with E-state index in [0.717, 1.165) is 19.1 Å². The molecule has 0 saturated carbocycles. The van der Waals surface area contributed by atoms with Crippen LogP contribution in [0.4, 0.5) is 0 Å². The van der Waals surface area contributed by atoms with E-state index in [4.69, 9.17) is 37.5 Å². The molecular formula is C10H17Cl2N2O3P. The first-order chi connectivity index (χ1) is 8.50. The van der Waals surface area contributed by atoms with Crippen LogP contribution >= 0.6 is 30.9 Å². The number of hydrogen-bond donors (Lipinski definition) is 0. The topological polar surface area (TPSA) is 62.6 Å². The van der Waals surface area contributed by atoms with Gasteiger partial charge in [0.2, 0.25) is 0 Å². The van der Waals surface area contributed by atoms with Gasteiger partial charge in [0.1, 0.15) is 10.8 Å². The van der Waals surface area contributed by atoms with Crippen molar-refractivity contribution in [2.24, 2.45) is 0 Å². The molecule has 0 aliphatic carbocycles. The Morgan fingerprint density at radius 3 is 2.61 bits per heavy atom. The van der Waals surface area contributed by atoms with Gasteiger partial charge in [0.15, 0.2) is 0 Å². The Hall–Kier alpha value is -0.240. The standard InChI is InChI=1S/C10H17Cl2N2O3P/c1-3-5-8-16-18(15,17-9-10(11)12)14(4-2)7-6-13/h9H,3-5,7-8H2,1-2H3. The van der Waals surface area contributed by atoms with Crippen molar-refractivity contribution in [3.8, 4) is 6.07 Å². The molecule has 0 bridgehead atoms. The first kappa shape index (κ1) is 17.8. The van der Waals surface area contributed by atoms with Crippen LogP contribution in [0.2, 0.25) is 0 Å². The predicted molar refractivity (Wildman–Crippen MR) is 72.2 cm³/mol. The van der Waals surface area contributed by atoms with Gasteiger partial charge in [-0.15, -0.1) is 0 Å². The number of hydrogen-bond acceptors (Lipinski definition) is 4. The van der Waals surface area contributed by atoms with Crippen LogP contribution in [0, 0.1) is 11.3 Å². The molecule has 0 spiro atoms. The van der Waals surface area contributed by atoms with E-state index in [1.165, 1.54) is 4.67 Å². The van der Waals surface area contributed by atoms with Crippen LogP contribution in [0.25, 0.3) is 0 Å². The minimum Gasteiger partial charge on any atom is -0.418 e. The third-order valence-electron chi connectivity index (χ3n) is 1.99. The maximum Gasteiger partial charge on any atom is 0.461 e. The molecule has 1 atom stereocenters. The fraction of sp³-hybridized carbons (Fsp3) is 0.700. The molecule has 0 aliphatic rings. The van der Waals surface area contributed by atoms with Gasteiger partial charge >= 0.3 is 7.75 Å². The second-order valence-corrected chi connectivity index (χ2v) is 6.29. The maximum absolute atomic E-state index is 12.5. The largest absolute Gasteiger partial charge is 0.461 e. The van der Waals surface area contributed by atoms with Crippen molar-refractivity contribution in [1.29, 1.82) is 5.26 Å². The number of rotatable bonds is 9. The molecule has 0 aromatic carbocycles. The van der Waals surface area contributed by atoms with Crippen LogP contribution in [0.15, 0.2) is 10.8 Å². The van der Waals surface area contributed by atoms with Crippen molar-refractivity contribution in [2.45, 2.75) is 26.7 Å². The van der Waals surface area contributed by atoms with Crippen molar-refractivity contribution in [3.05, 3.63) is 10.8 Å². The minimum atomic E-state index is -3.56. The van der Waals surface area contributed by atoms with Crippen molar-refractivity contribution in [1.82, 2.24) is 4.67 Å². The average Bonchev–Trinajstić information content (AvgIpc) is 2.33. The highest BCUT2D eigenvalue weighted by molar-refractivity contribution is 7.51. The van der Waals surface area contributed by atoms with E-state index >= 15 is 0 Å². The number of nitriles is 1. The smallest absolute Gasteiger partial charge is 0.418 e. The fourth-order valence-corrected chi connectivity index (χ4v) is 2.81. The average molecular weight is 315 g/mol. The summed E-state index contributed by atoms with van der Waals surface area (Å²) in [5, 5.41) is 8.69. The molecule has 0 aliphatic heterocycles. The first-order valence-corrected chi connectivity index (χ1v) is 7.81. The highest BCUT2D eigenvalue weighted by atomic mass is 35.5. The Labute approximate surface area is 118 Å². The van der Waals surface area contributed by atoms with Gasteiger partial charge in [0.25, 0.3) is 0 Å². The summed E-state index contributed by atoms with van der Waals surface area (Å²) in [6.45, 7) is 4.31. The van der Waals surface area contributed by atoms with Crippen LogP contribution in [0.3, 0.4) is 0 Å². The summed E-state index contributed by atoms with van der Waals surface area (Å²) >= 11 is 10.8. The minimum absolute atomic E-state index is 0.0619. The third kappa shape index (κ3) is 6.63. The van der Waals surface area contributed by atoms with E-state index in [2.05, 4.69) is 0 Å². The molecule has 0 N–H and O–H groups in total. The van der Waals surface area contributed by atoms with E-state index in [1.54, 1.807) is 6.92 Å². The van der Waals surface area contributed by atoms with Crippen molar-refractivity contribution >= 4 is 30.9 Å². The number of nitrogens with zero attached hydrogens (tertiary/aromatic N) is 2. The molecule has 0 rings (SSSR count). The molecular weight excluding hydrogens is 298 g/mol. The molecule has 0 radical (unpaired) electrons. The van der Waals surface area contributed by atoms with E-state index in [-0.39, 0.29) is 17.6 Å². The molecule has 0 amide bonds. The Balaban J connectivity index is 4.82. The summed E-state index contributed by atoms with van der Waals surface area (Å²) in [4.78, 5) is 0. The zero-order valence-electron chi connectivity index (χ0n) is 10.4. The van der Waals surface area contributed by atoms with Crippen molar-refractivity contribution in [2.75, 3.05) is 19.7 Å². The van der Waals surface area contributed by atoms with Gasteiger partial charge in [-0.3, -0.25) is 4.52 Å². The Morgan fingerprint density at radius 1 is 1.50 bits per heavy atom. The lowest BCUT2D eigenvalue weighted by atomic mass is 10.4. The lowest BCUT2D eigenvalue weighted by Crippen LogP contribution is -2.22. The highest BCUT2D eigenvalue weighted by Gasteiger charge is 2.33. The zero-order chi connectivity index (χ0) is 14.0. The molecule has 0 aromatic rings. The maximum atomic E-state index is 12.5. The van der Waals surface area contributed by atoms with Crippen LogP contribution in [0.5, 0.6) is 0 Å².